The fraction of sp³-hybridized carbons (Fsp3) is 0.571. The first-order chi connectivity index (χ1) is 8.97. The van der Waals surface area contributed by atoms with Crippen LogP contribution in [0.3, 0.4) is 0 Å². The van der Waals surface area contributed by atoms with Gasteiger partial charge in [-0.3, -0.25) is 0 Å². The van der Waals surface area contributed by atoms with Crippen molar-refractivity contribution in [1.29, 1.82) is 0 Å². The molecule has 0 saturated heterocycles. The molecule has 1 aromatic carbocycles. The zero-order valence-corrected chi connectivity index (χ0v) is 12.3. The minimum atomic E-state index is -3.17. The van der Waals surface area contributed by atoms with Gasteiger partial charge in [-0.05, 0) is 18.9 Å². The highest BCUT2D eigenvalue weighted by molar-refractivity contribution is 7.88. The molecule has 1 aliphatic carbocycles. The van der Waals surface area contributed by atoms with E-state index in [2.05, 4.69) is 4.72 Å². The van der Waals surface area contributed by atoms with Crippen molar-refractivity contribution < 1.29 is 13.2 Å². The van der Waals surface area contributed by atoms with Crippen LogP contribution in [-0.2, 0) is 15.4 Å². The normalized spacial score (nSPS) is 18.4. The number of rotatable bonds is 5. The van der Waals surface area contributed by atoms with Crippen LogP contribution in [0.4, 0.5) is 0 Å². The highest BCUT2D eigenvalue weighted by Crippen LogP contribution is 2.44. The van der Waals surface area contributed by atoms with E-state index >= 15 is 0 Å². The van der Waals surface area contributed by atoms with E-state index in [1.807, 2.05) is 24.3 Å². The average Bonchev–Trinajstić information content (AvgIpc) is 2.85. The molecule has 0 atom stereocenters. The quantitative estimate of drug-likeness (QED) is 0.900. The van der Waals surface area contributed by atoms with Gasteiger partial charge in [-0.1, -0.05) is 31.0 Å². The number of sulfonamides is 1. The SMILES string of the molecule is COc1ccccc1C1(CNS(C)(=O)=O)CCCC1. The minimum absolute atomic E-state index is 0.129. The Morgan fingerprint density at radius 2 is 1.89 bits per heavy atom. The van der Waals surface area contributed by atoms with Crippen LogP contribution in [0, 0.1) is 0 Å². The van der Waals surface area contributed by atoms with Crippen LogP contribution in [0.15, 0.2) is 24.3 Å². The van der Waals surface area contributed by atoms with E-state index in [9.17, 15) is 8.42 Å². The maximum absolute atomic E-state index is 11.4. The van der Waals surface area contributed by atoms with Crippen LogP contribution in [0.1, 0.15) is 31.2 Å². The second kappa shape index (κ2) is 5.51. The number of hydrogen-bond donors (Lipinski definition) is 1. The average molecular weight is 283 g/mol. The van der Waals surface area contributed by atoms with E-state index in [1.165, 1.54) is 6.26 Å². The van der Waals surface area contributed by atoms with Gasteiger partial charge in [-0.2, -0.15) is 0 Å². The van der Waals surface area contributed by atoms with Crippen molar-refractivity contribution in [1.82, 2.24) is 4.72 Å². The summed E-state index contributed by atoms with van der Waals surface area (Å²) in [5.41, 5.74) is 0.988. The molecule has 1 aromatic rings. The maximum atomic E-state index is 11.4. The molecule has 0 unspecified atom stereocenters. The van der Waals surface area contributed by atoms with Crippen LogP contribution in [-0.4, -0.2) is 28.3 Å². The molecule has 2 rings (SSSR count). The second-order valence-corrected chi connectivity index (χ2v) is 7.11. The summed E-state index contributed by atoms with van der Waals surface area (Å²) in [6, 6.07) is 7.91. The summed E-state index contributed by atoms with van der Waals surface area (Å²) in [6.45, 7) is 0.451. The van der Waals surface area contributed by atoms with Crippen molar-refractivity contribution in [2.45, 2.75) is 31.1 Å². The smallest absolute Gasteiger partial charge is 0.208 e. The summed E-state index contributed by atoms with van der Waals surface area (Å²) in [4.78, 5) is 0. The Morgan fingerprint density at radius 3 is 2.47 bits per heavy atom. The molecule has 0 spiro atoms. The summed E-state index contributed by atoms with van der Waals surface area (Å²) in [7, 11) is -1.51. The molecule has 106 valence electrons. The minimum Gasteiger partial charge on any atom is -0.496 e. The molecule has 0 heterocycles. The lowest BCUT2D eigenvalue weighted by atomic mass is 9.78. The van der Waals surface area contributed by atoms with Gasteiger partial charge in [-0.15, -0.1) is 0 Å². The van der Waals surface area contributed by atoms with Crippen LogP contribution < -0.4 is 9.46 Å². The molecule has 0 aromatic heterocycles. The molecule has 1 aliphatic rings. The lowest BCUT2D eigenvalue weighted by molar-refractivity contribution is 0.372. The van der Waals surface area contributed by atoms with Gasteiger partial charge in [0.2, 0.25) is 10.0 Å². The van der Waals surface area contributed by atoms with Gasteiger partial charge in [0.05, 0.1) is 13.4 Å². The van der Waals surface area contributed by atoms with Gasteiger partial charge >= 0.3 is 0 Å². The molecule has 1 saturated carbocycles. The lowest BCUT2D eigenvalue weighted by Crippen LogP contribution is -2.38. The Bertz CT molecular complexity index is 533. The highest BCUT2D eigenvalue weighted by atomic mass is 32.2. The van der Waals surface area contributed by atoms with Crippen LogP contribution >= 0.6 is 0 Å². The first kappa shape index (κ1) is 14.3. The van der Waals surface area contributed by atoms with E-state index in [4.69, 9.17) is 4.74 Å². The summed E-state index contributed by atoms with van der Waals surface area (Å²) >= 11 is 0. The van der Waals surface area contributed by atoms with Crippen molar-refractivity contribution in [3.05, 3.63) is 29.8 Å². The molecule has 0 aliphatic heterocycles. The number of ether oxygens (including phenoxy) is 1. The number of hydrogen-bond acceptors (Lipinski definition) is 3. The van der Waals surface area contributed by atoms with Gasteiger partial charge in [0.1, 0.15) is 5.75 Å². The Kier molecular flexibility index (Phi) is 4.16. The number of nitrogens with one attached hydrogen (secondary N) is 1. The Balaban J connectivity index is 2.33. The second-order valence-electron chi connectivity index (χ2n) is 5.28. The van der Waals surface area contributed by atoms with Crippen LogP contribution in [0.2, 0.25) is 0 Å². The third kappa shape index (κ3) is 3.28. The third-order valence-electron chi connectivity index (χ3n) is 3.91. The number of para-hydroxylation sites is 1. The maximum Gasteiger partial charge on any atom is 0.208 e. The summed E-state index contributed by atoms with van der Waals surface area (Å²) in [6.07, 6.45) is 5.46. The molecule has 4 nitrogen and oxygen atoms in total. The van der Waals surface area contributed by atoms with E-state index < -0.39 is 10.0 Å². The summed E-state index contributed by atoms with van der Waals surface area (Å²) in [5, 5.41) is 0. The molecule has 1 fully saturated rings. The van der Waals surface area contributed by atoms with Gasteiger partial charge in [0.25, 0.3) is 0 Å². The predicted octanol–water partition coefficient (Wildman–Crippen LogP) is 2.06. The molecule has 19 heavy (non-hydrogen) atoms. The molecule has 1 N–H and O–H groups in total. The van der Waals surface area contributed by atoms with E-state index in [0.29, 0.717) is 6.54 Å². The van der Waals surface area contributed by atoms with Crippen molar-refractivity contribution in [2.75, 3.05) is 19.9 Å². The Hall–Kier alpha value is -1.07. The van der Waals surface area contributed by atoms with Gasteiger partial charge in [0.15, 0.2) is 0 Å². The standard InChI is InChI=1S/C14H21NO3S/c1-18-13-8-4-3-7-12(13)14(9-5-6-10-14)11-15-19(2,16)17/h3-4,7-8,15H,5-6,9-11H2,1-2H3. The zero-order valence-electron chi connectivity index (χ0n) is 11.5. The summed E-state index contributed by atoms with van der Waals surface area (Å²) in [5.74, 6) is 0.847. The first-order valence-electron chi connectivity index (χ1n) is 6.55. The summed E-state index contributed by atoms with van der Waals surface area (Å²) < 4.78 is 30.9. The number of benzene rings is 1. The van der Waals surface area contributed by atoms with Gasteiger partial charge < -0.3 is 4.74 Å². The molecular weight excluding hydrogens is 262 g/mol. The van der Waals surface area contributed by atoms with Crippen LogP contribution in [0.5, 0.6) is 5.75 Å². The predicted molar refractivity (Wildman–Crippen MR) is 76.0 cm³/mol. The van der Waals surface area contributed by atoms with E-state index in [-0.39, 0.29) is 5.41 Å². The highest BCUT2D eigenvalue weighted by Gasteiger charge is 2.38. The Labute approximate surface area is 115 Å². The molecular formula is C14H21NO3S. The number of methoxy groups -OCH3 is 1. The monoisotopic (exact) mass is 283 g/mol. The first-order valence-corrected chi connectivity index (χ1v) is 8.44. The van der Waals surface area contributed by atoms with Crippen molar-refractivity contribution in [2.24, 2.45) is 0 Å². The third-order valence-corrected chi connectivity index (χ3v) is 4.58. The van der Waals surface area contributed by atoms with Crippen LogP contribution in [0.25, 0.3) is 0 Å². The molecule has 0 amide bonds. The zero-order chi connectivity index (χ0) is 13.9. The fourth-order valence-electron chi connectivity index (χ4n) is 2.95. The molecule has 0 radical (unpaired) electrons. The fourth-order valence-corrected chi connectivity index (χ4v) is 3.48. The van der Waals surface area contributed by atoms with E-state index in [1.54, 1.807) is 7.11 Å². The van der Waals surface area contributed by atoms with Gasteiger partial charge in [-0.25, -0.2) is 13.1 Å². The van der Waals surface area contributed by atoms with Crippen molar-refractivity contribution in [3.8, 4) is 5.75 Å². The van der Waals surface area contributed by atoms with Crippen molar-refractivity contribution in [3.63, 3.8) is 0 Å². The molecule has 5 heteroatoms. The Morgan fingerprint density at radius 1 is 1.26 bits per heavy atom. The molecule has 0 bridgehead atoms. The van der Waals surface area contributed by atoms with E-state index in [0.717, 1.165) is 37.0 Å². The van der Waals surface area contributed by atoms with Crippen molar-refractivity contribution >= 4 is 10.0 Å². The lowest BCUT2D eigenvalue weighted by Gasteiger charge is -2.31. The largest absolute Gasteiger partial charge is 0.496 e. The van der Waals surface area contributed by atoms with Gasteiger partial charge in [0, 0.05) is 17.5 Å². The topological polar surface area (TPSA) is 55.4 Å².